The first kappa shape index (κ1) is 32.7. The van der Waals surface area contributed by atoms with Crippen molar-refractivity contribution in [3.05, 3.63) is 88.5 Å². The van der Waals surface area contributed by atoms with Crippen LogP contribution in [0.25, 0.3) is 0 Å². The summed E-state index contributed by atoms with van der Waals surface area (Å²) in [5.41, 5.74) is 2.08. The van der Waals surface area contributed by atoms with E-state index >= 15 is 0 Å². The number of hydrogen-bond acceptors (Lipinski definition) is 6. The molecule has 2 aromatic rings. The number of carbonyl (C=O) groups excluding carboxylic acids is 2. The molecule has 2 saturated carbocycles. The standard InChI is InChI=1S/C36H48N4O5/c1-3-20-39(36(42)45-26-27-14-16-32(17-15-27)40(43)44)31-18-21-38(22-19-31)25-30-23-33(24-34(30)28-10-6-4-7-11-28)37(2)35(41)29-12-8-5-9-13-29/h3-4,6-7,10-11,14-17,29-31,33-34H,1,5,8-9,12-13,18-26H2,2H3. The van der Waals surface area contributed by atoms with Gasteiger partial charge in [-0.15, -0.1) is 6.58 Å². The van der Waals surface area contributed by atoms with Gasteiger partial charge in [-0.05, 0) is 73.6 Å². The highest BCUT2D eigenvalue weighted by molar-refractivity contribution is 5.79. The van der Waals surface area contributed by atoms with Gasteiger partial charge in [0.2, 0.25) is 5.91 Å². The van der Waals surface area contributed by atoms with Crippen LogP contribution >= 0.6 is 0 Å². The lowest BCUT2D eigenvalue weighted by Crippen LogP contribution is -2.48. The Morgan fingerprint density at radius 1 is 0.978 bits per heavy atom. The van der Waals surface area contributed by atoms with E-state index in [9.17, 15) is 19.7 Å². The minimum atomic E-state index is -0.446. The van der Waals surface area contributed by atoms with Crippen LogP contribution in [0.3, 0.4) is 0 Å². The Kier molecular flexibility index (Phi) is 11.3. The summed E-state index contributed by atoms with van der Waals surface area (Å²) in [5.74, 6) is 1.42. The van der Waals surface area contributed by atoms with Crippen LogP contribution in [0, 0.1) is 22.0 Å². The predicted octanol–water partition coefficient (Wildman–Crippen LogP) is 6.78. The van der Waals surface area contributed by atoms with Crippen LogP contribution < -0.4 is 0 Å². The summed E-state index contributed by atoms with van der Waals surface area (Å²) in [5, 5.41) is 10.9. The quantitative estimate of drug-likeness (QED) is 0.157. The van der Waals surface area contributed by atoms with Gasteiger partial charge < -0.3 is 19.4 Å². The molecule has 9 heteroatoms. The molecule has 0 spiro atoms. The molecule has 45 heavy (non-hydrogen) atoms. The van der Waals surface area contributed by atoms with Crippen LogP contribution in [0.5, 0.6) is 0 Å². The molecule has 2 aliphatic carbocycles. The second-order valence-corrected chi connectivity index (χ2v) is 13.1. The fourth-order valence-corrected chi connectivity index (χ4v) is 7.74. The molecule has 9 nitrogen and oxygen atoms in total. The average molecular weight is 617 g/mol. The molecule has 242 valence electrons. The second-order valence-electron chi connectivity index (χ2n) is 13.1. The summed E-state index contributed by atoms with van der Waals surface area (Å²) < 4.78 is 5.61. The SMILES string of the molecule is C=CCN(C(=O)OCc1ccc([N+](=O)[O-])cc1)C1CCN(CC2CC(N(C)C(=O)C3CCCCC3)CC2c2ccccc2)CC1. The van der Waals surface area contributed by atoms with Gasteiger partial charge >= 0.3 is 6.09 Å². The summed E-state index contributed by atoms with van der Waals surface area (Å²) in [4.78, 5) is 43.4. The molecule has 1 aliphatic heterocycles. The monoisotopic (exact) mass is 616 g/mol. The number of nitro benzene ring substituents is 1. The van der Waals surface area contributed by atoms with Crippen LogP contribution in [0.2, 0.25) is 0 Å². The Hall–Kier alpha value is -3.72. The zero-order valence-electron chi connectivity index (χ0n) is 26.6. The van der Waals surface area contributed by atoms with E-state index in [2.05, 4.69) is 46.7 Å². The normalized spacial score (nSPS) is 22.9. The maximum Gasteiger partial charge on any atom is 0.410 e. The van der Waals surface area contributed by atoms with Gasteiger partial charge in [-0.2, -0.15) is 0 Å². The average Bonchev–Trinajstić information content (AvgIpc) is 3.50. The number of piperidine rings is 1. The molecule has 0 aromatic heterocycles. The minimum Gasteiger partial charge on any atom is -0.445 e. The Labute approximate surface area is 267 Å². The summed E-state index contributed by atoms with van der Waals surface area (Å²) in [6.45, 7) is 7.10. The molecule has 3 unspecified atom stereocenters. The third-order valence-electron chi connectivity index (χ3n) is 10.3. The number of rotatable bonds is 11. The Morgan fingerprint density at radius 2 is 1.67 bits per heavy atom. The number of hydrogen-bond donors (Lipinski definition) is 0. The molecular formula is C36H48N4O5. The van der Waals surface area contributed by atoms with Crippen molar-refractivity contribution < 1.29 is 19.2 Å². The molecule has 0 radical (unpaired) electrons. The van der Waals surface area contributed by atoms with Crippen LogP contribution in [-0.2, 0) is 16.1 Å². The number of likely N-dealkylation sites (tertiary alicyclic amines) is 1. The molecule has 0 N–H and O–H groups in total. The van der Waals surface area contributed by atoms with Gasteiger partial charge in [-0.25, -0.2) is 4.79 Å². The van der Waals surface area contributed by atoms with E-state index in [4.69, 9.17) is 4.74 Å². The number of nitro groups is 1. The molecule has 1 saturated heterocycles. The molecule has 2 aromatic carbocycles. The maximum absolute atomic E-state index is 13.4. The highest BCUT2D eigenvalue weighted by atomic mass is 16.6. The van der Waals surface area contributed by atoms with Crippen LogP contribution in [0.15, 0.2) is 67.3 Å². The zero-order valence-corrected chi connectivity index (χ0v) is 26.6. The van der Waals surface area contributed by atoms with Crippen molar-refractivity contribution >= 4 is 17.7 Å². The fraction of sp³-hybridized carbons (Fsp3) is 0.556. The van der Waals surface area contributed by atoms with Gasteiger partial charge in [0.1, 0.15) is 6.61 Å². The lowest BCUT2D eigenvalue weighted by atomic mass is 9.88. The number of non-ortho nitro benzene ring substituents is 1. The first-order valence-electron chi connectivity index (χ1n) is 16.7. The highest BCUT2D eigenvalue weighted by Gasteiger charge is 2.41. The lowest BCUT2D eigenvalue weighted by Gasteiger charge is -2.39. The third-order valence-corrected chi connectivity index (χ3v) is 10.3. The second kappa shape index (κ2) is 15.5. The van der Waals surface area contributed by atoms with E-state index in [1.54, 1.807) is 23.1 Å². The molecule has 2 amide bonds. The molecule has 5 rings (SSSR count). The molecule has 3 fully saturated rings. The summed E-state index contributed by atoms with van der Waals surface area (Å²) in [7, 11) is 2.03. The van der Waals surface area contributed by atoms with Crippen LogP contribution in [-0.4, -0.2) is 76.9 Å². The summed E-state index contributed by atoms with van der Waals surface area (Å²) in [6, 6.07) is 17.2. The molecule has 0 bridgehead atoms. The number of ether oxygens (including phenoxy) is 1. The molecule has 1 heterocycles. The van der Waals surface area contributed by atoms with Crippen molar-refractivity contribution in [1.82, 2.24) is 14.7 Å². The van der Waals surface area contributed by atoms with E-state index in [0.29, 0.717) is 29.9 Å². The van der Waals surface area contributed by atoms with Gasteiger partial charge in [0, 0.05) is 63.4 Å². The molecule has 3 aliphatic rings. The first-order chi connectivity index (χ1) is 21.8. The minimum absolute atomic E-state index is 0.00768. The molecular weight excluding hydrogens is 568 g/mol. The van der Waals surface area contributed by atoms with Crippen molar-refractivity contribution in [3.8, 4) is 0 Å². The maximum atomic E-state index is 13.4. The summed E-state index contributed by atoms with van der Waals surface area (Å²) >= 11 is 0. The van der Waals surface area contributed by atoms with Crippen LogP contribution in [0.4, 0.5) is 10.5 Å². The fourth-order valence-electron chi connectivity index (χ4n) is 7.74. The van der Waals surface area contributed by atoms with Gasteiger partial charge in [-0.3, -0.25) is 14.9 Å². The predicted molar refractivity (Wildman–Crippen MR) is 175 cm³/mol. The van der Waals surface area contributed by atoms with Crippen molar-refractivity contribution in [3.63, 3.8) is 0 Å². The molecule has 3 atom stereocenters. The first-order valence-corrected chi connectivity index (χ1v) is 16.7. The van der Waals surface area contributed by atoms with E-state index < -0.39 is 4.92 Å². The van der Waals surface area contributed by atoms with E-state index in [-0.39, 0.29) is 36.4 Å². The largest absolute Gasteiger partial charge is 0.445 e. The summed E-state index contributed by atoms with van der Waals surface area (Å²) in [6.07, 6.45) is 10.7. The van der Waals surface area contributed by atoms with Gasteiger partial charge in [0.05, 0.1) is 4.92 Å². The van der Waals surface area contributed by atoms with E-state index in [1.807, 2.05) is 7.05 Å². The van der Waals surface area contributed by atoms with Gasteiger partial charge in [0.15, 0.2) is 0 Å². The number of benzene rings is 2. The van der Waals surface area contributed by atoms with Gasteiger partial charge in [0.25, 0.3) is 5.69 Å². The zero-order chi connectivity index (χ0) is 31.8. The number of carbonyl (C=O) groups is 2. The Bertz CT molecular complexity index is 1290. The number of nitrogens with zero attached hydrogens (tertiary/aromatic N) is 4. The Morgan fingerprint density at radius 3 is 2.31 bits per heavy atom. The van der Waals surface area contributed by atoms with Crippen LogP contribution in [0.1, 0.15) is 74.8 Å². The number of amides is 2. The Balaban J connectivity index is 1.17. The van der Waals surface area contributed by atoms with E-state index in [0.717, 1.165) is 58.2 Å². The van der Waals surface area contributed by atoms with E-state index in [1.165, 1.54) is 37.0 Å². The van der Waals surface area contributed by atoms with Crippen molar-refractivity contribution in [2.75, 3.05) is 33.2 Å². The van der Waals surface area contributed by atoms with Gasteiger partial charge in [-0.1, -0.05) is 55.7 Å². The topological polar surface area (TPSA) is 96.2 Å². The highest BCUT2D eigenvalue weighted by Crippen LogP contribution is 2.43. The van der Waals surface area contributed by atoms with Crippen molar-refractivity contribution in [1.29, 1.82) is 0 Å². The van der Waals surface area contributed by atoms with Crippen molar-refractivity contribution in [2.45, 2.75) is 82.4 Å². The lowest BCUT2D eigenvalue weighted by molar-refractivity contribution is -0.384. The third kappa shape index (κ3) is 8.31. The van der Waals surface area contributed by atoms with Crippen molar-refractivity contribution in [2.24, 2.45) is 11.8 Å². The smallest absolute Gasteiger partial charge is 0.410 e.